The number of hydrogen-bond acceptors (Lipinski definition) is 4. The van der Waals surface area contributed by atoms with E-state index < -0.39 is 0 Å². The number of halogens is 1. The second-order valence-corrected chi connectivity index (χ2v) is 7.23. The molecule has 0 fully saturated rings. The Balaban J connectivity index is 1.64. The molecule has 7 heteroatoms. The van der Waals surface area contributed by atoms with Gasteiger partial charge in [-0.15, -0.1) is 0 Å². The molecular formula is C22H26ClN3O3. The number of aromatic nitrogens is 2. The summed E-state index contributed by atoms with van der Waals surface area (Å²) in [4.78, 5) is 16.7. The molecule has 3 aromatic rings. The highest BCUT2D eigenvalue weighted by Crippen LogP contribution is 2.24. The number of fused-ring (bicyclic) bond motifs is 1. The zero-order chi connectivity index (χ0) is 20.6. The molecule has 2 aromatic carbocycles. The Hall–Kier alpha value is -2.57. The smallest absolute Gasteiger partial charge is 0.246 e. The molecule has 154 valence electrons. The summed E-state index contributed by atoms with van der Waals surface area (Å²) in [5.41, 5.74) is 1.98. The summed E-state index contributed by atoms with van der Waals surface area (Å²) < 4.78 is 12.8. The fraction of sp³-hybridized carbons (Fsp3) is 0.364. The second kappa shape index (κ2) is 10.3. The maximum atomic E-state index is 11.9. The number of hydrogen-bond donors (Lipinski definition) is 1. The Morgan fingerprint density at radius 1 is 1.17 bits per heavy atom. The number of nitrogens with zero attached hydrogens (tertiary/aromatic N) is 2. The van der Waals surface area contributed by atoms with Gasteiger partial charge >= 0.3 is 0 Å². The lowest BCUT2D eigenvalue weighted by Crippen LogP contribution is -2.31. The highest BCUT2D eigenvalue weighted by atomic mass is 35.5. The van der Waals surface area contributed by atoms with Crippen LogP contribution in [0, 0.1) is 0 Å². The van der Waals surface area contributed by atoms with Crippen LogP contribution in [-0.2, 0) is 16.1 Å². The molecule has 0 aliphatic carbocycles. The first-order chi connectivity index (χ1) is 14.1. The van der Waals surface area contributed by atoms with Gasteiger partial charge in [0.15, 0.2) is 0 Å². The quantitative estimate of drug-likeness (QED) is 0.499. The van der Waals surface area contributed by atoms with Crippen molar-refractivity contribution in [3.05, 3.63) is 59.4 Å². The Labute approximate surface area is 175 Å². The normalized spacial score (nSPS) is 12.1. The first-order valence-corrected chi connectivity index (χ1v) is 10.1. The van der Waals surface area contributed by atoms with Crippen molar-refractivity contribution in [3.8, 4) is 5.75 Å². The second-order valence-electron chi connectivity index (χ2n) is 6.82. The molecule has 0 saturated heterocycles. The number of carbonyl (C=O) groups is 1. The molecule has 3 rings (SSSR count). The van der Waals surface area contributed by atoms with E-state index in [4.69, 9.17) is 26.1 Å². The van der Waals surface area contributed by atoms with Crippen LogP contribution in [0.15, 0.2) is 48.5 Å². The zero-order valence-corrected chi connectivity index (χ0v) is 17.5. The van der Waals surface area contributed by atoms with Crippen LogP contribution in [-0.4, -0.2) is 35.8 Å². The average molecular weight is 416 g/mol. The van der Waals surface area contributed by atoms with Crippen LogP contribution in [0.5, 0.6) is 5.75 Å². The molecule has 0 saturated carbocycles. The molecule has 1 aromatic heterocycles. The van der Waals surface area contributed by atoms with Crippen molar-refractivity contribution >= 4 is 28.5 Å². The van der Waals surface area contributed by atoms with Gasteiger partial charge in [0.25, 0.3) is 0 Å². The summed E-state index contributed by atoms with van der Waals surface area (Å²) in [6, 6.07) is 15.3. The van der Waals surface area contributed by atoms with Gasteiger partial charge in [0.1, 0.15) is 18.2 Å². The van der Waals surface area contributed by atoms with Crippen LogP contribution < -0.4 is 10.1 Å². The van der Waals surface area contributed by atoms with E-state index in [-0.39, 0.29) is 18.6 Å². The van der Waals surface area contributed by atoms with Gasteiger partial charge in [-0.3, -0.25) is 4.79 Å². The van der Waals surface area contributed by atoms with Crippen molar-refractivity contribution in [2.24, 2.45) is 0 Å². The SMILES string of the molecule is COCC(=O)NC(C)c1nc2ccccc2n1CCCCOc1ccccc1Cl. The highest BCUT2D eigenvalue weighted by molar-refractivity contribution is 6.32. The summed E-state index contributed by atoms with van der Waals surface area (Å²) in [6.07, 6.45) is 1.79. The highest BCUT2D eigenvalue weighted by Gasteiger charge is 2.18. The number of rotatable bonds is 10. The molecular weight excluding hydrogens is 390 g/mol. The lowest BCUT2D eigenvalue weighted by Gasteiger charge is -2.16. The van der Waals surface area contributed by atoms with Crippen LogP contribution in [0.3, 0.4) is 0 Å². The van der Waals surface area contributed by atoms with Crippen LogP contribution in [0.2, 0.25) is 5.02 Å². The van der Waals surface area contributed by atoms with E-state index >= 15 is 0 Å². The van der Waals surface area contributed by atoms with Gasteiger partial charge in [-0.2, -0.15) is 0 Å². The largest absolute Gasteiger partial charge is 0.492 e. The van der Waals surface area contributed by atoms with Crippen LogP contribution >= 0.6 is 11.6 Å². The molecule has 0 aliphatic rings. The molecule has 1 amide bonds. The molecule has 1 heterocycles. The summed E-state index contributed by atoms with van der Waals surface area (Å²) in [6.45, 7) is 3.34. The van der Waals surface area contributed by atoms with E-state index in [0.717, 1.165) is 36.2 Å². The van der Waals surface area contributed by atoms with Crippen molar-refractivity contribution in [2.45, 2.75) is 32.4 Å². The van der Waals surface area contributed by atoms with Gasteiger partial charge in [0.05, 0.1) is 28.7 Å². The Kier molecular flexibility index (Phi) is 7.49. The van der Waals surface area contributed by atoms with E-state index in [1.165, 1.54) is 7.11 Å². The number of aryl methyl sites for hydroxylation is 1. The maximum Gasteiger partial charge on any atom is 0.246 e. The molecule has 0 spiro atoms. The number of amides is 1. The summed E-state index contributed by atoms with van der Waals surface area (Å²) >= 11 is 6.12. The minimum atomic E-state index is -0.218. The molecule has 1 atom stereocenters. The van der Waals surface area contributed by atoms with E-state index in [9.17, 15) is 4.79 Å². The van der Waals surface area contributed by atoms with E-state index in [2.05, 4.69) is 16.0 Å². The van der Waals surface area contributed by atoms with Crippen molar-refractivity contribution in [2.75, 3.05) is 20.3 Å². The summed E-state index contributed by atoms with van der Waals surface area (Å²) in [7, 11) is 1.50. The van der Waals surface area contributed by atoms with E-state index in [0.29, 0.717) is 17.4 Å². The first kappa shape index (κ1) is 21.1. The van der Waals surface area contributed by atoms with Crippen molar-refractivity contribution < 1.29 is 14.3 Å². The average Bonchev–Trinajstić information content (AvgIpc) is 3.08. The minimum Gasteiger partial charge on any atom is -0.492 e. The Morgan fingerprint density at radius 2 is 1.93 bits per heavy atom. The Bertz CT molecular complexity index is 957. The fourth-order valence-corrected chi connectivity index (χ4v) is 3.44. The van der Waals surface area contributed by atoms with Crippen LogP contribution in [0.1, 0.15) is 31.6 Å². The van der Waals surface area contributed by atoms with Gasteiger partial charge in [-0.25, -0.2) is 4.98 Å². The molecule has 29 heavy (non-hydrogen) atoms. The number of benzene rings is 2. The minimum absolute atomic E-state index is 0.0317. The molecule has 6 nitrogen and oxygen atoms in total. The molecule has 0 radical (unpaired) electrons. The van der Waals surface area contributed by atoms with Gasteiger partial charge in [-0.05, 0) is 44.0 Å². The third kappa shape index (κ3) is 5.49. The predicted molar refractivity (Wildman–Crippen MR) is 114 cm³/mol. The summed E-state index contributed by atoms with van der Waals surface area (Å²) in [5.74, 6) is 1.38. The fourth-order valence-electron chi connectivity index (χ4n) is 3.25. The Morgan fingerprint density at radius 3 is 2.72 bits per heavy atom. The van der Waals surface area contributed by atoms with Gasteiger partial charge in [-0.1, -0.05) is 35.9 Å². The van der Waals surface area contributed by atoms with Crippen molar-refractivity contribution in [1.82, 2.24) is 14.9 Å². The summed E-state index contributed by atoms with van der Waals surface area (Å²) in [5, 5.41) is 3.56. The number of ether oxygens (including phenoxy) is 2. The first-order valence-electron chi connectivity index (χ1n) is 9.71. The van der Waals surface area contributed by atoms with Gasteiger partial charge < -0.3 is 19.4 Å². The number of imidazole rings is 1. The predicted octanol–water partition coefficient (Wildman–Crippen LogP) is 4.37. The maximum absolute atomic E-state index is 11.9. The van der Waals surface area contributed by atoms with Crippen molar-refractivity contribution in [1.29, 1.82) is 0 Å². The van der Waals surface area contributed by atoms with Crippen LogP contribution in [0.25, 0.3) is 11.0 Å². The van der Waals surface area contributed by atoms with Gasteiger partial charge in [0, 0.05) is 13.7 Å². The lowest BCUT2D eigenvalue weighted by molar-refractivity contribution is -0.125. The number of carbonyl (C=O) groups excluding carboxylic acids is 1. The monoisotopic (exact) mass is 415 g/mol. The number of methoxy groups -OCH3 is 1. The van der Waals surface area contributed by atoms with E-state index in [1.807, 2.05) is 49.4 Å². The molecule has 1 unspecified atom stereocenters. The number of unbranched alkanes of at least 4 members (excludes halogenated alkanes) is 1. The zero-order valence-electron chi connectivity index (χ0n) is 16.7. The molecule has 0 aliphatic heterocycles. The van der Waals surface area contributed by atoms with Crippen molar-refractivity contribution in [3.63, 3.8) is 0 Å². The molecule has 1 N–H and O–H groups in total. The van der Waals surface area contributed by atoms with Gasteiger partial charge in [0.2, 0.25) is 5.91 Å². The van der Waals surface area contributed by atoms with E-state index in [1.54, 1.807) is 0 Å². The topological polar surface area (TPSA) is 65.4 Å². The standard InChI is InChI=1S/C22H26ClN3O3/c1-16(24-21(27)15-28-2)22-25-18-10-4-5-11-19(18)26(22)13-7-8-14-29-20-12-6-3-9-17(20)23/h3-6,9-12,16H,7-8,13-15H2,1-2H3,(H,24,27). The number of para-hydroxylation sites is 3. The molecule has 0 bridgehead atoms. The lowest BCUT2D eigenvalue weighted by atomic mass is 10.2. The third-order valence-corrected chi connectivity index (χ3v) is 4.91. The van der Waals surface area contributed by atoms with Crippen LogP contribution in [0.4, 0.5) is 0 Å². The number of nitrogens with one attached hydrogen (secondary N) is 1. The third-order valence-electron chi connectivity index (χ3n) is 4.59.